The summed E-state index contributed by atoms with van der Waals surface area (Å²) in [6.45, 7) is 1.67. The van der Waals surface area contributed by atoms with Crippen LogP contribution >= 0.6 is 23.2 Å². The minimum absolute atomic E-state index is 0.00540. The molecular weight excluding hydrogens is 289 g/mol. The van der Waals surface area contributed by atoms with Crippen LogP contribution in [0.1, 0.15) is 15.9 Å². The maximum absolute atomic E-state index is 11.2. The average molecular weight is 298 g/mol. The Hall–Kier alpha value is -1.78. The van der Waals surface area contributed by atoms with E-state index in [0.717, 1.165) is 0 Å². The molecule has 1 N–H and O–H groups in total. The summed E-state index contributed by atoms with van der Waals surface area (Å²) >= 11 is 11.7. The molecule has 0 unspecified atom stereocenters. The molecule has 0 spiro atoms. The van der Waals surface area contributed by atoms with Crippen molar-refractivity contribution >= 4 is 29.2 Å². The number of ether oxygens (including phenoxy) is 1. The number of pyridine rings is 1. The Labute approximate surface area is 119 Å². The van der Waals surface area contributed by atoms with Crippen LogP contribution in [-0.4, -0.2) is 16.1 Å². The van der Waals surface area contributed by atoms with Crippen LogP contribution in [0.15, 0.2) is 30.5 Å². The summed E-state index contributed by atoms with van der Waals surface area (Å²) in [4.78, 5) is 15.1. The molecule has 98 valence electrons. The predicted molar refractivity (Wildman–Crippen MR) is 72.5 cm³/mol. The minimum Gasteiger partial charge on any atom is -0.477 e. The number of halogens is 2. The van der Waals surface area contributed by atoms with E-state index < -0.39 is 5.97 Å². The number of aromatic nitrogens is 1. The van der Waals surface area contributed by atoms with Crippen molar-refractivity contribution in [3.63, 3.8) is 0 Å². The maximum atomic E-state index is 11.2. The molecule has 0 bridgehead atoms. The number of carboxylic acids is 1. The Morgan fingerprint density at radius 3 is 2.47 bits per heavy atom. The third-order valence-corrected chi connectivity index (χ3v) is 2.83. The number of carboxylic acid groups (broad SMARTS) is 1. The zero-order valence-electron chi connectivity index (χ0n) is 9.85. The molecule has 0 aliphatic heterocycles. The number of aromatic carboxylic acids is 1. The summed E-state index contributed by atoms with van der Waals surface area (Å²) in [5.41, 5.74) is 0.573. The molecular formula is C13H9Cl2NO3. The zero-order valence-corrected chi connectivity index (χ0v) is 11.4. The summed E-state index contributed by atoms with van der Waals surface area (Å²) in [7, 11) is 0. The monoisotopic (exact) mass is 297 g/mol. The van der Waals surface area contributed by atoms with Gasteiger partial charge in [0.2, 0.25) is 5.88 Å². The molecule has 0 radical (unpaired) electrons. The first-order valence-corrected chi connectivity index (χ1v) is 6.06. The lowest BCUT2D eigenvalue weighted by Crippen LogP contribution is -2.04. The Bertz CT molecular complexity index is 624. The van der Waals surface area contributed by atoms with Gasteiger partial charge in [0.15, 0.2) is 0 Å². The average Bonchev–Trinajstić information content (AvgIpc) is 2.26. The number of hydrogen-bond donors (Lipinski definition) is 1. The van der Waals surface area contributed by atoms with Gasteiger partial charge in [-0.2, -0.15) is 0 Å². The molecule has 0 aliphatic rings. The van der Waals surface area contributed by atoms with Gasteiger partial charge in [0, 0.05) is 16.2 Å². The van der Waals surface area contributed by atoms with E-state index >= 15 is 0 Å². The Balaban J connectivity index is 2.43. The highest BCUT2D eigenvalue weighted by Gasteiger charge is 2.16. The number of hydrogen-bond acceptors (Lipinski definition) is 3. The van der Waals surface area contributed by atoms with Crippen molar-refractivity contribution in [2.75, 3.05) is 0 Å². The van der Waals surface area contributed by atoms with Crippen LogP contribution in [0.3, 0.4) is 0 Å². The number of nitrogens with zero attached hydrogens (tertiary/aromatic N) is 1. The van der Waals surface area contributed by atoms with Crippen molar-refractivity contribution in [3.05, 3.63) is 51.6 Å². The molecule has 4 nitrogen and oxygen atoms in total. The fraction of sp³-hybridized carbons (Fsp3) is 0.0769. The SMILES string of the molecule is Cc1ccnc(Oc2cc(Cl)cc(Cl)c2)c1C(=O)O. The molecule has 0 fully saturated rings. The van der Waals surface area contributed by atoms with Crippen molar-refractivity contribution < 1.29 is 14.6 Å². The fourth-order valence-electron chi connectivity index (χ4n) is 1.57. The predicted octanol–water partition coefficient (Wildman–Crippen LogP) is 4.19. The fourth-order valence-corrected chi connectivity index (χ4v) is 2.08. The van der Waals surface area contributed by atoms with Crippen molar-refractivity contribution in [1.29, 1.82) is 0 Å². The smallest absolute Gasteiger partial charge is 0.341 e. The summed E-state index contributed by atoms with van der Waals surface area (Å²) in [6, 6.07) is 6.21. The zero-order chi connectivity index (χ0) is 14.0. The van der Waals surface area contributed by atoms with E-state index in [1.807, 2.05) is 0 Å². The third-order valence-electron chi connectivity index (χ3n) is 2.39. The number of aryl methyl sites for hydroxylation is 1. The third kappa shape index (κ3) is 3.16. The van der Waals surface area contributed by atoms with Gasteiger partial charge in [-0.3, -0.25) is 0 Å². The van der Waals surface area contributed by atoms with Gasteiger partial charge >= 0.3 is 5.97 Å². The van der Waals surface area contributed by atoms with E-state index in [0.29, 0.717) is 21.4 Å². The highest BCUT2D eigenvalue weighted by Crippen LogP contribution is 2.29. The van der Waals surface area contributed by atoms with Crippen molar-refractivity contribution in [1.82, 2.24) is 4.98 Å². The quantitative estimate of drug-likeness (QED) is 0.923. The normalized spacial score (nSPS) is 10.3. The number of benzene rings is 1. The first-order valence-electron chi connectivity index (χ1n) is 5.30. The van der Waals surface area contributed by atoms with Crippen LogP contribution in [0.4, 0.5) is 0 Å². The lowest BCUT2D eigenvalue weighted by atomic mass is 10.1. The number of rotatable bonds is 3. The van der Waals surface area contributed by atoms with Crippen LogP contribution in [0, 0.1) is 6.92 Å². The molecule has 6 heteroatoms. The molecule has 1 aromatic carbocycles. The summed E-state index contributed by atoms with van der Waals surface area (Å²) in [6.07, 6.45) is 1.48. The topological polar surface area (TPSA) is 59.4 Å². The van der Waals surface area contributed by atoms with Crippen LogP contribution in [0.25, 0.3) is 0 Å². The van der Waals surface area contributed by atoms with Crippen LogP contribution in [-0.2, 0) is 0 Å². The molecule has 0 saturated carbocycles. The first kappa shape index (κ1) is 13.6. The number of carbonyl (C=O) groups is 1. The molecule has 2 aromatic rings. The molecule has 19 heavy (non-hydrogen) atoms. The van der Waals surface area contributed by atoms with Gasteiger partial charge in [-0.05, 0) is 36.8 Å². The second-order valence-electron chi connectivity index (χ2n) is 3.82. The van der Waals surface area contributed by atoms with Crippen LogP contribution < -0.4 is 4.74 Å². The lowest BCUT2D eigenvalue weighted by Gasteiger charge is -2.09. The molecule has 0 amide bonds. The van der Waals surface area contributed by atoms with E-state index in [2.05, 4.69) is 4.98 Å². The largest absolute Gasteiger partial charge is 0.477 e. The van der Waals surface area contributed by atoms with Crippen molar-refractivity contribution in [2.45, 2.75) is 6.92 Å². The standard InChI is InChI=1S/C13H9Cl2NO3/c1-7-2-3-16-12(11(7)13(17)18)19-10-5-8(14)4-9(15)6-10/h2-6H,1H3,(H,17,18). The van der Waals surface area contributed by atoms with Gasteiger partial charge in [-0.15, -0.1) is 0 Å². The van der Waals surface area contributed by atoms with Crippen molar-refractivity contribution in [2.24, 2.45) is 0 Å². The Morgan fingerprint density at radius 1 is 1.26 bits per heavy atom. The van der Waals surface area contributed by atoms with Gasteiger partial charge < -0.3 is 9.84 Å². The summed E-state index contributed by atoms with van der Waals surface area (Å²) in [5, 5.41) is 9.95. The second-order valence-corrected chi connectivity index (χ2v) is 4.69. The molecule has 0 saturated heterocycles. The minimum atomic E-state index is -1.10. The van der Waals surface area contributed by atoms with Crippen LogP contribution in [0.2, 0.25) is 10.0 Å². The molecule has 0 atom stereocenters. The van der Waals surface area contributed by atoms with E-state index in [1.165, 1.54) is 18.3 Å². The molecule has 2 rings (SSSR count). The first-order chi connectivity index (χ1) is 8.97. The van der Waals surface area contributed by atoms with E-state index in [4.69, 9.17) is 33.0 Å². The van der Waals surface area contributed by atoms with Gasteiger partial charge in [-0.1, -0.05) is 23.2 Å². The lowest BCUT2D eigenvalue weighted by molar-refractivity contribution is 0.0692. The van der Waals surface area contributed by atoms with E-state index in [-0.39, 0.29) is 11.4 Å². The van der Waals surface area contributed by atoms with Gasteiger partial charge in [-0.25, -0.2) is 9.78 Å². The van der Waals surface area contributed by atoms with Crippen LogP contribution in [0.5, 0.6) is 11.6 Å². The van der Waals surface area contributed by atoms with Gasteiger partial charge in [0.1, 0.15) is 11.3 Å². The Morgan fingerprint density at radius 2 is 1.89 bits per heavy atom. The Kier molecular flexibility index (Phi) is 3.93. The summed E-state index contributed by atoms with van der Waals surface area (Å²) in [5.74, 6) is -0.766. The highest BCUT2D eigenvalue weighted by molar-refractivity contribution is 6.34. The van der Waals surface area contributed by atoms with Gasteiger partial charge in [0.25, 0.3) is 0 Å². The van der Waals surface area contributed by atoms with Gasteiger partial charge in [0.05, 0.1) is 0 Å². The second kappa shape index (κ2) is 5.47. The summed E-state index contributed by atoms with van der Waals surface area (Å²) < 4.78 is 5.45. The molecule has 1 aromatic heterocycles. The van der Waals surface area contributed by atoms with Crippen molar-refractivity contribution in [3.8, 4) is 11.6 Å². The highest BCUT2D eigenvalue weighted by atomic mass is 35.5. The molecule has 0 aliphatic carbocycles. The van der Waals surface area contributed by atoms with E-state index in [1.54, 1.807) is 19.1 Å². The maximum Gasteiger partial charge on any atom is 0.341 e. The molecule has 1 heterocycles. The van der Waals surface area contributed by atoms with E-state index in [9.17, 15) is 4.79 Å².